The van der Waals surface area contributed by atoms with Crippen molar-refractivity contribution < 1.29 is 0 Å². The van der Waals surface area contributed by atoms with Crippen LogP contribution in [-0.2, 0) is 6.54 Å². The van der Waals surface area contributed by atoms with E-state index in [0.717, 1.165) is 24.7 Å². The fraction of sp³-hybridized carbons (Fsp3) is 0.600. The maximum atomic E-state index is 4.66. The van der Waals surface area contributed by atoms with Crippen LogP contribution in [-0.4, -0.2) is 28.6 Å². The third-order valence-corrected chi connectivity index (χ3v) is 3.34. The summed E-state index contributed by atoms with van der Waals surface area (Å²) in [5.41, 5.74) is 2.24. The first-order chi connectivity index (χ1) is 9.11. The molecular weight excluding hydrogens is 236 g/mol. The number of anilines is 1. The van der Waals surface area contributed by atoms with E-state index in [0.29, 0.717) is 12.1 Å². The van der Waals surface area contributed by atoms with Crippen molar-refractivity contribution in [2.75, 3.05) is 11.4 Å². The predicted octanol–water partition coefficient (Wildman–Crippen LogP) is 2.44. The number of hydrogen-bond donors (Lipinski definition) is 1. The zero-order valence-electron chi connectivity index (χ0n) is 12.2. The third-order valence-electron chi connectivity index (χ3n) is 3.34. The summed E-state index contributed by atoms with van der Waals surface area (Å²) in [5.74, 6) is 0.841. The molecule has 1 aliphatic rings. The van der Waals surface area contributed by atoms with E-state index in [2.05, 4.69) is 47.5 Å². The van der Waals surface area contributed by atoms with Crippen LogP contribution in [0.2, 0.25) is 0 Å². The minimum Gasteiger partial charge on any atom is -0.334 e. The van der Waals surface area contributed by atoms with Crippen molar-refractivity contribution in [3.8, 4) is 0 Å². The molecular formula is C15H24N4. The van der Waals surface area contributed by atoms with Crippen LogP contribution in [0.3, 0.4) is 0 Å². The molecule has 0 saturated heterocycles. The summed E-state index contributed by atoms with van der Waals surface area (Å²) in [6, 6.07) is 1.08. The second-order valence-corrected chi connectivity index (χ2v) is 5.49. The molecule has 1 aromatic rings. The highest BCUT2D eigenvalue weighted by Crippen LogP contribution is 2.29. The van der Waals surface area contributed by atoms with Crippen LogP contribution in [0.25, 0.3) is 0 Å². The lowest BCUT2D eigenvalue weighted by molar-refractivity contribution is 0.584. The molecule has 1 saturated carbocycles. The first-order valence-corrected chi connectivity index (χ1v) is 7.05. The molecule has 0 aromatic carbocycles. The molecule has 0 amide bonds. The Labute approximate surface area is 115 Å². The molecule has 0 atom stereocenters. The molecule has 1 heterocycles. The molecule has 4 nitrogen and oxygen atoms in total. The van der Waals surface area contributed by atoms with Gasteiger partial charge in [-0.1, -0.05) is 19.9 Å². The van der Waals surface area contributed by atoms with Gasteiger partial charge in [-0.3, -0.25) is 0 Å². The van der Waals surface area contributed by atoms with Crippen LogP contribution >= 0.6 is 0 Å². The second-order valence-electron chi connectivity index (χ2n) is 5.49. The van der Waals surface area contributed by atoms with E-state index < -0.39 is 0 Å². The number of aryl methyl sites for hydroxylation is 1. The molecule has 0 spiro atoms. The molecule has 1 aromatic heterocycles. The third kappa shape index (κ3) is 3.77. The van der Waals surface area contributed by atoms with Crippen LogP contribution < -0.4 is 10.2 Å². The van der Waals surface area contributed by atoms with Gasteiger partial charge in [0.15, 0.2) is 0 Å². The minimum absolute atomic E-state index is 0.475. The van der Waals surface area contributed by atoms with Crippen LogP contribution in [0.5, 0.6) is 0 Å². The minimum atomic E-state index is 0.475. The molecule has 0 radical (unpaired) electrons. The quantitative estimate of drug-likeness (QED) is 0.765. The molecule has 1 fully saturated rings. The Bertz CT molecular complexity index is 438. The second kappa shape index (κ2) is 6.15. The Morgan fingerprint density at radius 2 is 2.26 bits per heavy atom. The van der Waals surface area contributed by atoms with E-state index in [-0.39, 0.29) is 0 Å². The standard InChI is InChI=1S/C15H24N4/c1-5-8-19(14-6-7-14)15-17-10-13(12(4)18-15)9-16-11(2)3/h5,10-11,14,16H,1,6-9H2,2-4H3. The highest BCUT2D eigenvalue weighted by Gasteiger charge is 2.30. The van der Waals surface area contributed by atoms with Crippen molar-refractivity contribution >= 4 is 5.95 Å². The molecule has 2 rings (SSSR count). The van der Waals surface area contributed by atoms with Gasteiger partial charge in [0.1, 0.15) is 0 Å². The maximum absolute atomic E-state index is 4.66. The summed E-state index contributed by atoms with van der Waals surface area (Å²) in [5, 5.41) is 3.40. The lowest BCUT2D eigenvalue weighted by Gasteiger charge is -2.21. The monoisotopic (exact) mass is 260 g/mol. The van der Waals surface area contributed by atoms with E-state index in [4.69, 9.17) is 0 Å². The molecule has 0 bridgehead atoms. The van der Waals surface area contributed by atoms with Crippen molar-refractivity contribution in [1.29, 1.82) is 0 Å². The summed E-state index contributed by atoms with van der Waals surface area (Å²) >= 11 is 0. The Kier molecular flexibility index (Phi) is 4.53. The number of aromatic nitrogens is 2. The van der Waals surface area contributed by atoms with Crippen molar-refractivity contribution in [3.63, 3.8) is 0 Å². The van der Waals surface area contributed by atoms with Gasteiger partial charge >= 0.3 is 0 Å². The van der Waals surface area contributed by atoms with Gasteiger partial charge in [0.2, 0.25) is 5.95 Å². The van der Waals surface area contributed by atoms with Crippen LogP contribution in [0.4, 0.5) is 5.95 Å². The zero-order valence-corrected chi connectivity index (χ0v) is 12.2. The smallest absolute Gasteiger partial charge is 0.226 e. The Balaban J connectivity index is 2.10. The molecule has 0 aliphatic heterocycles. The Morgan fingerprint density at radius 1 is 1.53 bits per heavy atom. The largest absolute Gasteiger partial charge is 0.334 e. The SMILES string of the molecule is C=CCN(c1ncc(CNC(C)C)c(C)n1)C1CC1. The van der Waals surface area contributed by atoms with Crippen LogP contribution in [0.1, 0.15) is 37.9 Å². The Hall–Kier alpha value is -1.42. The van der Waals surface area contributed by atoms with Crippen molar-refractivity contribution in [2.45, 2.75) is 52.2 Å². The molecule has 4 heteroatoms. The van der Waals surface area contributed by atoms with Gasteiger partial charge in [0, 0.05) is 42.6 Å². The summed E-state index contributed by atoms with van der Waals surface area (Å²) in [7, 11) is 0. The van der Waals surface area contributed by atoms with E-state index in [1.165, 1.54) is 18.4 Å². The first kappa shape index (κ1) is 14.0. The number of rotatable bonds is 7. The summed E-state index contributed by atoms with van der Waals surface area (Å²) in [4.78, 5) is 11.4. The summed E-state index contributed by atoms with van der Waals surface area (Å²) in [6.45, 7) is 11.8. The van der Waals surface area contributed by atoms with E-state index in [1.807, 2.05) is 12.3 Å². The van der Waals surface area contributed by atoms with Gasteiger partial charge in [-0.25, -0.2) is 9.97 Å². The lowest BCUT2D eigenvalue weighted by atomic mass is 10.2. The van der Waals surface area contributed by atoms with Gasteiger partial charge in [0.05, 0.1) is 0 Å². The average Bonchev–Trinajstić information content (AvgIpc) is 3.18. The molecule has 0 unspecified atom stereocenters. The predicted molar refractivity (Wildman–Crippen MR) is 79.3 cm³/mol. The van der Waals surface area contributed by atoms with E-state index >= 15 is 0 Å². The normalized spacial score (nSPS) is 14.7. The van der Waals surface area contributed by atoms with Gasteiger partial charge in [-0.05, 0) is 19.8 Å². The summed E-state index contributed by atoms with van der Waals surface area (Å²) < 4.78 is 0. The number of nitrogens with zero attached hydrogens (tertiary/aromatic N) is 3. The Morgan fingerprint density at radius 3 is 2.79 bits per heavy atom. The first-order valence-electron chi connectivity index (χ1n) is 7.05. The average molecular weight is 260 g/mol. The van der Waals surface area contributed by atoms with Crippen molar-refractivity contribution in [1.82, 2.24) is 15.3 Å². The van der Waals surface area contributed by atoms with Crippen molar-refractivity contribution in [2.24, 2.45) is 0 Å². The number of nitrogens with one attached hydrogen (secondary N) is 1. The number of hydrogen-bond acceptors (Lipinski definition) is 4. The van der Waals surface area contributed by atoms with Crippen molar-refractivity contribution in [3.05, 3.63) is 30.1 Å². The van der Waals surface area contributed by atoms with E-state index in [1.54, 1.807) is 0 Å². The molecule has 19 heavy (non-hydrogen) atoms. The molecule has 1 N–H and O–H groups in total. The zero-order chi connectivity index (χ0) is 13.8. The summed E-state index contributed by atoms with van der Waals surface area (Å²) in [6.07, 6.45) is 6.36. The highest BCUT2D eigenvalue weighted by atomic mass is 15.3. The topological polar surface area (TPSA) is 41.1 Å². The van der Waals surface area contributed by atoms with Gasteiger partial charge in [0.25, 0.3) is 0 Å². The molecule has 104 valence electrons. The lowest BCUT2D eigenvalue weighted by Crippen LogP contribution is -2.28. The van der Waals surface area contributed by atoms with E-state index in [9.17, 15) is 0 Å². The molecule has 1 aliphatic carbocycles. The fourth-order valence-corrected chi connectivity index (χ4v) is 2.03. The van der Waals surface area contributed by atoms with Crippen LogP contribution in [0.15, 0.2) is 18.9 Å². The highest BCUT2D eigenvalue weighted by molar-refractivity contribution is 5.37. The van der Waals surface area contributed by atoms with Gasteiger partial charge in [-0.2, -0.15) is 0 Å². The van der Waals surface area contributed by atoms with Crippen LogP contribution in [0, 0.1) is 6.92 Å². The maximum Gasteiger partial charge on any atom is 0.226 e. The fourth-order valence-electron chi connectivity index (χ4n) is 2.03. The van der Waals surface area contributed by atoms with Gasteiger partial charge < -0.3 is 10.2 Å². The van der Waals surface area contributed by atoms with Gasteiger partial charge in [-0.15, -0.1) is 6.58 Å².